The molecule has 0 aliphatic carbocycles. The van der Waals surface area contributed by atoms with Crippen molar-refractivity contribution in [3.8, 4) is 0 Å². The quantitative estimate of drug-likeness (QED) is 0.788. The number of anilines is 2. The predicted octanol–water partition coefficient (Wildman–Crippen LogP) is 2.20. The molecule has 2 aromatic heterocycles. The number of hydrogen-bond acceptors (Lipinski definition) is 4. The Hall–Kier alpha value is -2.89. The molecule has 6 nitrogen and oxygen atoms in total. The van der Waals surface area contributed by atoms with Gasteiger partial charge in [0.1, 0.15) is 11.4 Å². The number of benzene rings is 1. The summed E-state index contributed by atoms with van der Waals surface area (Å²) >= 11 is 0. The molecule has 3 rings (SSSR count). The molecule has 0 amide bonds. The molecule has 1 N–H and O–H groups in total. The fourth-order valence-electron chi connectivity index (χ4n) is 2.07. The van der Waals surface area contributed by atoms with Gasteiger partial charge in [0, 0.05) is 18.9 Å². The van der Waals surface area contributed by atoms with Gasteiger partial charge in [-0.05, 0) is 18.2 Å². The van der Waals surface area contributed by atoms with Gasteiger partial charge in [0.2, 0.25) is 0 Å². The van der Waals surface area contributed by atoms with Crippen LogP contribution in [-0.4, -0.2) is 32.7 Å². The van der Waals surface area contributed by atoms with Crippen molar-refractivity contribution in [2.45, 2.75) is 0 Å². The maximum absolute atomic E-state index is 11.1. The average Bonchev–Trinajstić information content (AvgIpc) is 2.91. The van der Waals surface area contributed by atoms with E-state index in [-0.39, 0.29) is 5.56 Å². The molecule has 6 heteroatoms. The first kappa shape index (κ1) is 12.2. The van der Waals surface area contributed by atoms with E-state index in [4.69, 9.17) is 5.11 Å². The standard InChI is InChI=1S/C14H12N4O2/c1-17(10-5-3-2-4-6-10)12-7-8-15-13-11(14(19)20)9-16-18(12)13/h2-9H,1H3,(H,19,20). The molecular weight excluding hydrogens is 256 g/mol. The lowest BCUT2D eigenvalue weighted by atomic mass is 10.3. The highest BCUT2D eigenvalue weighted by atomic mass is 16.4. The van der Waals surface area contributed by atoms with Crippen molar-refractivity contribution in [3.63, 3.8) is 0 Å². The lowest BCUT2D eigenvalue weighted by Gasteiger charge is -2.19. The molecule has 100 valence electrons. The number of carbonyl (C=O) groups is 1. The van der Waals surface area contributed by atoms with E-state index < -0.39 is 5.97 Å². The number of aromatic carboxylic acids is 1. The number of carboxylic acid groups (broad SMARTS) is 1. The first-order valence-electron chi connectivity index (χ1n) is 6.03. The van der Waals surface area contributed by atoms with Gasteiger partial charge >= 0.3 is 5.97 Å². The molecule has 0 saturated carbocycles. The van der Waals surface area contributed by atoms with Crippen LogP contribution in [0.1, 0.15) is 10.4 Å². The first-order chi connectivity index (χ1) is 9.68. The molecule has 0 spiro atoms. The topological polar surface area (TPSA) is 70.7 Å². The van der Waals surface area contributed by atoms with E-state index in [1.165, 1.54) is 10.7 Å². The third kappa shape index (κ3) is 1.87. The fraction of sp³-hybridized carbons (Fsp3) is 0.0714. The average molecular weight is 268 g/mol. The minimum Gasteiger partial charge on any atom is -0.477 e. The monoisotopic (exact) mass is 268 g/mol. The Balaban J connectivity index is 2.15. The predicted molar refractivity (Wildman–Crippen MR) is 74.5 cm³/mol. The molecule has 0 aliphatic heterocycles. The lowest BCUT2D eigenvalue weighted by molar-refractivity contribution is 0.0699. The fourth-order valence-corrected chi connectivity index (χ4v) is 2.07. The highest BCUT2D eigenvalue weighted by Gasteiger charge is 2.16. The Kier molecular flexibility index (Phi) is 2.83. The molecule has 2 heterocycles. The Morgan fingerprint density at radius 3 is 2.70 bits per heavy atom. The zero-order valence-electron chi connectivity index (χ0n) is 10.8. The van der Waals surface area contributed by atoms with Crippen molar-refractivity contribution < 1.29 is 9.90 Å². The van der Waals surface area contributed by atoms with Crippen molar-refractivity contribution >= 4 is 23.1 Å². The van der Waals surface area contributed by atoms with Gasteiger partial charge in [-0.2, -0.15) is 9.61 Å². The minimum atomic E-state index is -1.04. The summed E-state index contributed by atoms with van der Waals surface area (Å²) in [6.45, 7) is 0. The molecular formula is C14H12N4O2. The van der Waals surface area contributed by atoms with Crippen molar-refractivity contribution in [3.05, 3.63) is 54.4 Å². The largest absolute Gasteiger partial charge is 0.477 e. The van der Waals surface area contributed by atoms with Gasteiger partial charge in [-0.15, -0.1) is 0 Å². The molecule has 1 aromatic carbocycles. The van der Waals surface area contributed by atoms with E-state index in [2.05, 4.69) is 10.1 Å². The number of fused-ring (bicyclic) bond motifs is 1. The Bertz CT molecular complexity index is 767. The van der Waals surface area contributed by atoms with E-state index in [1.54, 1.807) is 12.3 Å². The molecule has 3 aromatic rings. The number of aromatic nitrogens is 3. The van der Waals surface area contributed by atoms with Crippen molar-refractivity contribution in [1.29, 1.82) is 0 Å². The van der Waals surface area contributed by atoms with Crippen LogP contribution in [0.25, 0.3) is 5.65 Å². The van der Waals surface area contributed by atoms with Crippen LogP contribution in [0.4, 0.5) is 11.5 Å². The summed E-state index contributed by atoms with van der Waals surface area (Å²) < 4.78 is 1.52. The van der Waals surface area contributed by atoms with Crippen molar-refractivity contribution in [2.75, 3.05) is 11.9 Å². The number of rotatable bonds is 3. The van der Waals surface area contributed by atoms with Crippen LogP contribution in [0, 0.1) is 0 Å². The maximum atomic E-state index is 11.1. The number of carboxylic acids is 1. The van der Waals surface area contributed by atoms with Crippen molar-refractivity contribution in [2.24, 2.45) is 0 Å². The molecule has 0 atom stereocenters. The van der Waals surface area contributed by atoms with Gasteiger partial charge in [-0.3, -0.25) is 0 Å². The smallest absolute Gasteiger partial charge is 0.341 e. The summed E-state index contributed by atoms with van der Waals surface area (Å²) in [4.78, 5) is 17.1. The summed E-state index contributed by atoms with van der Waals surface area (Å²) in [5.74, 6) is -0.291. The molecule has 0 fully saturated rings. The Labute approximate surface area is 114 Å². The second kappa shape index (κ2) is 4.65. The number of nitrogens with zero attached hydrogens (tertiary/aromatic N) is 4. The summed E-state index contributed by atoms with van der Waals surface area (Å²) in [5, 5.41) is 13.2. The zero-order chi connectivity index (χ0) is 14.1. The summed E-state index contributed by atoms with van der Waals surface area (Å²) in [5.41, 5.74) is 1.40. The second-order valence-electron chi connectivity index (χ2n) is 4.30. The first-order valence-corrected chi connectivity index (χ1v) is 6.03. The second-order valence-corrected chi connectivity index (χ2v) is 4.30. The highest BCUT2D eigenvalue weighted by Crippen LogP contribution is 2.23. The van der Waals surface area contributed by atoms with Crippen LogP contribution >= 0.6 is 0 Å². The molecule has 20 heavy (non-hydrogen) atoms. The molecule has 0 bridgehead atoms. The van der Waals surface area contributed by atoms with E-state index >= 15 is 0 Å². The number of para-hydroxylation sites is 1. The van der Waals surface area contributed by atoms with Gasteiger partial charge in [0.15, 0.2) is 5.65 Å². The molecule has 0 saturated heterocycles. The summed E-state index contributed by atoms with van der Waals surface area (Å²) in [6.07, 6.45) is 2.89. The van der Waals surface area contributed by atoms with Crippen molar-refractivity contribution in [1.82, 2.24) is 14.6 Å². The number of hydrogen-bond donors (Lipinski definition) is 1. The summed E-state index contributed by atoms with van der Waals surface area (Å²) in [6, 6.07) is 11.5. The van der Waals surface area contributed by atoms with Crippen LogP contribution in [-0.2, 0) is 0 Å². The van der Waals surface area contributed by atoms with Crippen LogP contribution in [0.15, 0.2) is 48.8 Å². The van der Waals surface area contributed by atoms with Gasteiger partial charge in [0.05, 0.1) is 6.20 Å². The van der Waals surface area contributed by atoms with Gasteiger partial charge in [0.25, 0.3) is 0 Å². The maximum Gasteiger partial charge on any atom is 0.341 e. The van der Waals surface area contributed by atoms with Gasteiger partial charge in [-0.25, -0.2) is 9.78 Å². The third-order valence-electron chi connectivity index (χ3n) is 3.10. The highest BCUT2D eigenvalue weighted by molar-refractivity contribution is 5.94. The van der Waals surface area contributed by atoms with Crippen LogP contribution in [0.3, 0.4) is 0 Å². The van der Waals surface area contributed by atoms with E-state index in [0.717, 1.165) is 11.5 Å². The Morgan fingerprint density at radius 2 is 2.00 bits per heavy atom. The zero-order valence-corrected chi connectivity index (χ0v) is 10.8. The summed E-state index contributed by atoms with van der Waals surface area (Å²) in [7, 11) is 1.90. The van der Waals surface area contributed by atoms with Crippen LogP contribution in [0.5, 0.6) is 0 Å². The van der Waals surface area contributed by atoms with E-state index in [9.17, 15) is 4.79 Å². The normalized spacial score (nSPS) is 10.7. The molecule has 0 unspecified atom stereocenters. The van der Waals surface area contributed by atoms with E-state index in [0.29, 0.717) is 5.65 Å². The van der Waals surface area contributed by atoms with Gasteiger partial charge < -0.3 is 10.0 Å². The van der Waals surface area contributed by atoms with Gasteiger partial charge in [-0.1, -0.05) is 18.2 Å². The van der Waals surface area contributed by atoms with E-state index in [1.807, 2.05) is 42.3 Å². The molecule has 0 aliphatic rings. The van der Waals surface area contributed by atoms with Crippen LogP contribution in [0.2, 0.25) is 0 Å². The lowest BCUT2D eigenvalue weighted by Crippen LogP contribution is -2.14. The van der Waals surface area contributed by atoms with Crippen LogP contribution < -0.4 is 4.90 Å². The third-order valence-corrected chi connectivity index (χ3v) is 3.10. The Morgan fingerprint density at radius 1 is 1.25 bits per heavy atom. The molecule has 0 radical (unpaired) electrons. The minimum absolute atomic E-state index is 0.0910. The SMILES string of the molecule is CN(c1ccccc1)c1ccnc2c(C(=O)O)cnn12.